The van der Waals surface area contributed by atoms with Crippen LogP contribution in [0.5, 0.6) is 5.75 Å². The van der Waals surface area contributed by atoms with Crippen LogP contribution in [0.15, 0.2) is 36.4 Å². The van der Waals surface area contributed by atoms with E-state index in [1.165, 1.54) is 12.8 Å². The topological polar surface area (TPSA) is 111 Å². The molecule has 1 saturated carbocycles. The summed E-state index contributed by atoms with van der Waals surface area (Å²) in [5.41, 5.74) is 2.98. The summed E-state index contributed by atoms with van der Waals surface area (Å²) in [5, 5.41) is 12.0. The minimum atomic E-state index is -3.73. The Balaban J connectivity index is 1.25. The van der Waals surface area contributed by atoms with Crippen molar-refractivity contribution in [2.24, 2.45) is 5.41 Å². The highest BCUT2D eigenvalue weighted by atomic mass is 32.2. The maximum absolute atomic E-state index is 14.0. The Morgan fingerprint density at radius 2 is 1.73 bits per heavy atom. The van der Waals surface area contributed by atoms with Crippen molar-refractivity contribution in [3.8, 4) is 5.75 Å². The molecule has 0 radical (unpaired) electrons. The minimum Gasteiger partial charge on any atom is -0.489 e. The first-order valence-corrected chi connectivity index (χ1v) is 15.4. The second kappa shape index (κ2) is 10.1. The largest absolute Gasteiger partial charge is 0.489 e. The highest BCUT2D eigenvalue weighted by molar-refractivity contribution is 7.92. The van der Waals surface area contributed by atoms with Gasteiger partial charge < -0.3 is 25.0 Å². The molecule has 0 aromatic heterocycles. The average molecular weight is 577 g/mol. The fraction of sp³-hybridized carbons (Fsp3) is 0.536. The zero-order valence-corrected chi connectivity index (χ0v) is 23.0. The molecule has 3 aliphatic heterocycles. The number of aliphatic hydroxyl groups excluding tert-OH is 1. The Kier molecular flexibility index (Phi) is 6.81. The molecule has 1 aliphatic carbocycles. The molecule has 216 valence electrons. The van der Waals surface area contributed by atoms with Crippen molar-refractivity contribution in [3.05, 3.63) is 42.0 Å². The number of hydrogen-bond acceptors (Lipinski definition) is 7. The van der Waals surface area contributed by atoms with E-state index in [0.29, 0.717) is 39.5 Å². The Labute approximate surface area is 232 Å². The number of ether oxygens (including phenoxy) is 1. The highest BCUT2D eigenvalue weighted by Crippen LogP contribution is 2.54. The van der Waals surface area contributed by atoms with Crippen LogP contribution in [0, 0.1) is 5.41 Å². The third-order valence-corrected chi connectivity index (χ3v) is 9.92. The van der Waals surface area contributed by atoms with Gasteiger partial charge in [-0.1, -0.05) is 0 Å². The molecule has 1 spiro atoms. The van der Waals surface area contributed by atoms with Gasteiger partial charge in [0.05, 0.1) is 41.0 Å². The van der Waals surface area contributed by atoms with Crippen LogP contribution < -0.4 is 24.6 Å². The molecule has 9 nitrogen and oxygen atoms in total. The van der Waals surface area contributed by atoms with Gasteiger partial charge in [0, 0.05) is 38.2 Å². The fourth-order valence-corrected chi connectivity index (χ4v) is 6.94. The summed E-state index contributed by atoms with van der Waals surface area (Å²) in [4.78, 5) is 17.7. The third kappa shape index (κ3) is 5.56. The zero-order chi connectivity index (χ0) is 28.1. The fourth-order valence-electron chi connectivity index (χ4n) is 6.11. The summed E-state index contributed by atoms with van der Waals surface area (Å²) >= 11 is 0. The van der Waals surface area contributed by atoms with E-state index in [2.05, 4.69) is 14.9 Å². The molecule has 3 N–H and O–H groups in total. The van der Waals surface area contributed by atoms with Gasteiger partial charge in [-0.15, -0.1) is 0 Å². The van der Waals surface area contributed by atoms with Crippen molar-refractivity contribution in [1.82, 2.24) is 0 Å². The summed E-state index contributed by atoms with van der Waals surface area (Å²) in [6.45, 7) is 1.45. The second-order valence-electron chi connectivity index (χ2n) is 11.5. The molecule has 3 fully saturated rings. The van der Waals surface area contributed by atoms with E-state index < -0.39 is 34.3 Å². The number of aliphatic hydroxyl groups is 1. The molecule has 4 aliphatic rings. The van der Waals surface area contributed by atoms with E-state index in [4.69, 9.17) is 9.84 Å². The van der Waals surface area contributed by atoms with Crippen molar-refractivity contribution in [3.63, 3.8) is 0 Å². The number of piperidine rings is 2. The highest BCUT2D eigenvalue weighted by Gasteiger charge is 2.45. The van der Waals surface area contributed by atoms with Gasteiger partial charge in [0.25, 0.3) is 11.8 Å². The van der Waals surface area contributed by atoms with Gasteiger partial charge >= 0.3 is 0 Å². The SMILES string of the molecule is O=C(Nc1ccc2c(c1)N1CCC(F)(F)CC1CO2)c1ccc(NS(=O)(=O)CCO)cc1N1CCC2(CC1)CC2. The number of nitrogens with one attached hydrogen (secondary N) is 2. The van der Waals surface area contributed by atoms with Crippen LogP contribution in [-0.2, 0) is 10.0 Å². The molecule has 1 amide bonds. The van der Waals surface area contributed by atoms with Gasteiger partial charge in [-0.05, 0) is 67.5 Å². The summed E-state index contributed by atoms with van der Waals surface area (Å²) in [7, 11) is -3.73. The number of carbonyl (C=O) groups is 1. The van der Waals surface area contributed by atoms with Gasteiger partial charge in [-0.3, -0.25) is 9.52 Å². The van der Waals surface area contributed by atoms with Crippen molar-refractivity contribution < 1.29 is 31.8 Å². The van der Waals surface area contributed by atoms with Crippen molar-refractivity contribution in [2.75, 3.05) is 58.4 Å². The van der Waals surface area contributed by atoms with Crippen LogP contribution in [0.2, 0.25) is 0 Å². The van der Waals surface area contributed by atoms with Gasteiger partial charge in [0.1, 0.15) is 12.4 Å². The first-order valence-electron chi connectivity index (χ1n) is 13.8. The normalized spacial score (nSPS) is 22.6. The van der Waals surface area contributed by atoms with E-state index >= 15 is 0 Å². The third-order valence-electron chi connectivity index (χ3n) is 8.65. The summed E-state index contributed by atoms with van der Waals surface area (Å²) < 4.78 is 60.8. The summed E-state index contributed by atoms with van der Waals surface area (Å²) in [6.07, 6.45) is 4.01. The molecule has 2 aromatic rings. The first-order chi connectivity index (χ1) is 19.1. The summed E-state index contributed by atoms with van der Waals surface area (Å²) in [6, 6.07) is 9.63. The average Bonchev–Trinajstić information content (AvgIpc) is 3.66. The number of amides is 1. The van der Waals surface area contributed by atoms with Crippen molar-refractivity contribution >= 4 is 38.7 Å². The van der Waals surface area contributed by atoms with Gasteiger partial charge in [0.15, 0.2) is 0 Å². The first kappa shape index (κ1) is 27.1. The number of halogens is 2. The molecule has 2 saturated heterocycles. The van der Waals surface area contributed by atoms with Crippen LogP contribution in [0.1, 0.15) is 48.9 Å². The Morgan fingerprint density at radius 3 is 2.45 bits per heavy atom. The number of nitrogens with zero attached hydrogens (tertiary/aromatic N) is 2. The lowest BCUT2D eigenvalue weighted by Gasteiger charge is -2.44. The Morgan fingerprint density at radius 1 is 1.00 bits per heavy atom. The number of alkyl halides is 2. The number of hydrogen-bond donors (Lipinski definition) is 3. The minimum absolute atomic E-state index is 0.198. The van der Waals surface area contributed by atoms with Crippen LogP contribution in [0.25, 0.3) is 0 Å². The van der Waals surface area contributed by atoms with Crippen molar-refractivity contribution in [2.45, 2.75) is 50.5 Å². The maximum atomic E-state index is 14.0. The Hall–Kier alpha value is -3.12. The molecule has 0 bridgehead atoms. The zero-order valence-electron chi connectivity index (χ0n) is 22.2. The standard InChI is InChI=1S/C28H34F2N4O5S/c29-28(30)9-12-34-21(17-28)18-39-25-4-2-19(15-24(25)34)31-26(36)22-3-1-20(32-40(37,38)14-13-35)16-23(22)33-10-7-27(5-6-27)8-11-33/h1-4,15-16,21,32,35H,5-14,17-18H2,(H,31,36). The smallest absolute Gasteiger partial charge is 0.257 e. The number of carbonyl (C=O) groups excluding carboxylic acids is 1. The van der Waals surface area contributed by atoms with Gasteiger partial charge in [0.2, 0.25) is 10.0 Å². The molecule has 2 aromatic carbocycles. The van der Waals surface area contributed by atoms with Crippen LogP contribution in [0.3, 0.4) is 0 Å². The number of anilines is 4. The maximum Gasteiger partial charge on any atom is 0.257 e. The van der Waals surface area contributed by atoms with Crippen LogP contribution >= 0.6 is 0 Å². The van der Waals surface area contributed by atoms with E-state index in [1.807, 2.05) is 4.90 Å². The lowest BCUT2D eigenvalue weighted by atomic mass is 9.93. The second-order valence-corrected chi connectivity index (χ2v) is 13.3. The quantitative estimate of drug-likeness (QED) is 0.456. The predicted molar refractivity (Wildman–Crippen MR) is 149 cm³/mol. The van der Waals surface area contributed by atoms with E-state index in [0.717, 1.165) is 25.9 Å². The summed E-state index contributed by atoms with van der Waals surface area (Å²) in [5.74, 6) is -2.89. The molecule has 1 atom stereocenters. The van der Waals surface area contributed by atoms with Gasteiger partial charge in [-0.2, -0.15) is 0 Å². The number of fused-ring (bicyclic) bond motifs is 3. The number of benzene rings is 2. The lowest BCUT2D eigenvalue weighted by Crippen LogP contribution is -2.51. The van der Waals surface area contributed by atoms with E-state index in [9.17, 15) is 22.0 Å². The molecule has 1 unspecified atom stereocenters. The molecular weight excluding hydrogens is 542 g/mol. The monoisotopic (exact) mass is 576 g/mol. The number of rotatable bonds is 7. The van der Waals surface area contributed by atoms with Crippen molar-refractivity contribution in [1.29, 1.82) is 0 Å². The van der Waals surface area contributed by atoms with Crippen LogP contribution in [-0.4, -0.2) is 70.0 Å². The number of sulfonamides is 1. The van der Waals surface area contributed by atoms with Crippen LogP contribution in [0.4, 0.5) is 31.5 Å². The molecular formula is C28H34F2N4O5S. The molecule has 6 rings (SSSR count). The Bertz CT molecular complexity index is 1410. The molecule has 40 heavy (non-hydrogen) atoms. The predicted octanol–water partition coefficient (Wildman–Crippen LogP) is 4.05. The van der Waals surface area contributed by atoms with E-state index in [1.54, 1.807) is 36.4 Å². The molecule has 12 heteroatoms. The van der Waals surface area contributed by atoms with Gasteiger partial charge in [-0.25, -0.2) is 17.2 Å². The van der Waals surface area contributed by atoms with E-state index in [-0.39, 0.29) is 31.9 Å². The molecule has 3 heterocycles. The lowest BCUT2D eigenvalue weighted by molar-refractivity contribution is -0.0400.